The fourth-order valence-electron chi connectivity index (χ4n) is 2.28. The number of ether oxygens (including phenoxy) is 1. The summed E-state index contributed by atoms with van der Waals surface area (Å²) < 4.78 is 18.6. The van der Waals surface area contributed by atoms with Crippen molar-refractivity contribution in [1.29, 1.82) is 0 Å². The molecule has 112 valence electrons. The van der Waals surface area contributed by atoms with E-state index >= 15 is 0 Å². The first-order valence-electron chi connectivity index (χ1n) is 6.88. The highest BCUT2D eigenvalue weighted by Gasteiger charge is 2.12. The first-order valence-corrected chi connectivity index (χ1v) is 6.88. The largest absolute Gasteiger partial charge is 0.494 e. The van der Waals surface area contributed by atoms with Crippen molar-refractivity contribution in [3.63, 3.8) is 0 Å². The second-order valence-corrected chi connectivity index (χ2v) is 5.22. The predicted octanol–water partition coefficient (Wildman–Crippen LogP) is 3.28. The van der Waals surface area contributed by atoms with Gasteiger partial charge in [-0.15, -0.1) is 0 Å². The van der Waals surface area contributed by atoms with Gasteiger partial charge in [-0.25, -0.2) is 4.39 Å². The molecule has 0 aromatic heterocycles. The summed E-state index contributed by atoms with van der Waals surface area (Å²) in [5, 5.41) is 0. The minimum atomic E-state index is -0.386. The number of anilines is 1. The van der Waals surface area contributed by atoms with Gasteiger partial charge in [0, 0.05) is 25.3 Å². The first-order chi connectivity index (χ1) is 10.0. The van der Waals surface area contributed by atoms with Crippen LogP contribution in [0.1, 0.15) is 17.2 Å². The fourth-order valence-corrected chi connectivity index (χ4v) is 2.28. The van der Waals surface area contributed by atoms with E-state index in [0.29, 0.717) is 6.54 Å². The molecule has 2 aromatic rings. The van der Waals surface area contributed by atoms with Crippen LogP contribution in [0.25, 0.3) is 0 Å². The van der Waals surface area contributed by atoms with E-state index < -0.39 is 0 Å². The molecule has 0 heterocycles. The van der Waals surface area contributed by atoms with Crippen LogP contribution in [0.15, 0.2) is 42.5 Å². The van der Waals surface area contributed by atoms with Gasteiger partial charge in [0.15, 0.2) is 11.6 Å². The minimum absolute atomic E-state index is 0.234. The Morgan fingerprint density at radius 1 is 1.24 bits per heavy atom. The Morgan fingerprint density at radius 2 is 2.00 bits per heavy atom. The van der Waals surface area contributed by atoms with E-state index in [4.69, 9.17) is 10.5 Å². The lowest BCUT2D eigenvalue weighted by atomic mass is 10.1. The summed E-state index contributed by atoms with van der Waals surface area (Å²) in [6.45, 7) is 2.66. The number of hydrogen-bond acceptors (Lipinski definition) is 3. The molecule has 0 amide bonds. The van der Waals surface area contributed by atoms with E-state index in [-0.39, 0.29) is 17.6 Å². The lowest BCUT2D eigenvalue weighted by molar-refractivity contribution is 0.386. The Bertz CT molecular complexity index is 615. The molecule has 0 radical (unpaired) electrons. The number of benzene rings is 2. The smallest absolute Gasteiger partial charge is 0.165 e. The molecule has 0 fully saturated rings. The number of likely N-dealkylation sites (N-methyl/N-ethyl adjacent to an activating group) is 1. The van der Waals surface area contributed by atoms with Crippen molar-refractivity contribution in [1.82, 2.24) is 0 Å². The number of rotatable bonds is 5. The average Bonchev–Trinajstić information content (AvgIpc) is 2.47. The maximum atomic E-state index is 13.7. The Labute approximate surface area is 125 Å². The Kier molecular flexibility index (Phi) is 4.81. The van der Waals surface area contributed by atoms with Crippen molar-refractivity contribution in [2.45, 2.75) is 13.0 Å². The summed E-state index contributed by atoms with van der Waals surface area (Å²) in [6.07, 6.45) is 0. The van der Waals surface area contributed by atoms with Crippen LogP contribution in [-0.4, -0.2) is 20.7 Å². The molecular formula is C17H21FN2O. The number of methoxy groups -OCH3 is 1. The maximum absolute atomic E-state index is 13.7. The van der Waals surface area contributed by atoms with Crippen LogP contribution >= 0.6 is 0 Å². The van der Waals surface area contributed by atoms with Crippen molar-refractivity contribution in [3.8, 4) is 5.75 Å². The van der Waals surface area contributed by atoms with Gasteiger partial charge in [0.2, 0.25) is 0 Å². The molecule has 1 atom stereocenters. The summed E-state index contributed by atoms with van der Waals surface area (Å²) >= 11 is 0. The fraction of sp³-hybridized carbons (Fsp3) is 0.294. The number of hydrogen-bond donors (Lipinski definition) is 1. The van der Waals surface area contributed by atoms with Crippen LogP contribution < -0.4 is 15.4 Å². The first kappa shape index (κ1) is 15.3. The third kappa shape index (κ3) is 3.73. The molecule has 0 bridgehead atoms. The molecule has 1 unspecified atom stereocenters. The Balaban J connectivity index is 2.10. The summed E-state index contributed by atoms with van der Waals surface area (Å²) in [5.41, 5.74) is 9.23. The van der Waals surface area contributed by atoms with Gasteiger partial charge in [0.1, 0.15) is 0 Å². The molecule has 0 aliphatic rings. The molecule has 2 aromatic carbocycles. The molecule has 4 heteroatoms. The lowest BCUT2D eigenvalue weighted by Crippen LogP contribution is -2.29. The topological polar surface area (TPSA) is 38.5 Å². The molecule has 0 aliphatic heterocycles. The summed E-state index contributed by atoms with van der Waals surface area (Å²) in [5.74, 6) is -0.151. The SMILES string of the molecule is COc1ccc(C(N)CN(C)c2cccc(C)c2)cc1F. The second kappa shape index (κ2) is 6.59. The Morgan fingerprint density at radius 3 is 2.62 bits per heavy atom. The molecule has 3 nitrogen and oxygen atoms in total. The molecule has 0 saturated heterocycles. The summed E-state index contributed by atoms with van der Waals surface area (Å²) in [4.78, 5) is 2.07. The van der Waals surface area contributed by atoms with E-state index in [0.717, 1.165) is 11.3 Å². The normalized spacial score (nSPS) is 12.0. The third-order valence-electron chi connectivity index (χ3n) is 3.52. The van der Waals surface area contributed by atoms with Crippen LogP contribution in [0.4, 0.5) is 10.1 Å². The molecule has 0 aliphatic carbocycles. The quantitative estimate of drug-likeness (QED) is 0.917. The second-order valence-electron chi connectivity index (χ2n) is 5.22. The lowest BCUT2D eigenvalue weighted by Gasteiger charge is -2.24. The van der Waals surface area contributed by atoms with Crippen molar-refractivity contribution in [2.24, 2.45) is 5.73 Å². The zero-order valence-electron chi connectivity index (χ0n) is 12.6. The summed E-state index contributed by atoms with van der Waals surface area (Å²) in [7, 11) is 3.43. The van der Waals surface area contributed by atoms with Crippen molar-refractivity contribution < 1.29 is 9.13 Å². The van der Waals surface area contributed by atoms with Crippen LogP contribution in [0.3, 0.4) is 0 Å². The van der Waals surface area contributed by atoms with Crippen molar-refractivity contribution in [3.05, 3.63) is 59.4 Å². The van der Waals surface area contributed by atoms with Crippen LogP contribution in [0.2, 0.25) is 0 Å². The highest BCUT2D eigenvalue weighted by Crippen LogP contribution is 2.22. The highest BCUT2D eigenvalue weighted by molar-refractivity contribution is 5.48. The summed E-state index contributed by atoms with van der Waals surface area (Å²) in [6, 6.07) is 12.8. The number of halogens is 1. The van der Waals surface area contributed by atoms with Gasteiger partial charge in [-0.2, -0.15) is 0 Å². The van der Waals surface area contributed by atoms with Gasteiger partial charge in [-0.1, -0.05) is 18.2 Å². The van der Waals surface area contributed by atoms with Gasteiger partial charge in [0.05, 0.1) is 7.11 Å². The molecule has 0 spiro atoms. The number of aryl methyl sites for hydroxylation is 1. The van der Waals surface area contributed by atoms with Crippen LogP contribution in [0, 0.1) is 12.7 Å². The zero-order chi connectivity index (χ0) is 15.4. The number of nitrogens with two attached hydrogens (primary N) is 1. The van der Waals surface area contributed by atoms with E-state index in [1.807, 2.05) is 19.2 Å². The van der Waals surface area contributed by atoms with Gasteiger partial charge in [-0.05, 0) is 42.3 Å². The van der Waals surface area contributed by atoms with E-state index in [2.05, 4.69) is 24.0 Å². The minimum Gasteiger partial charge on any atom is -0.494 e. The van der Waals surface area contributed by atoms with E-state index in [1.54, 1.807) is 12.1 Å². The molecule has 0 saturated carbocycles. The van der Waals surface area contributed by atoms with E-state index in [9.17, 15) is 4.39 Å². The van der Waals surface area contributed by atoms with Crippen LogP contribution in [0.5, 0.6) is 5.75 Å². The Hall–Kier alpha value is -2.07. The van der Waals surface area contributed by atoms with Gasteiger partial charge in [-0.3, -0.25) is 0 Å². The van der Waals surface area contributed by atoms with Crippen LogP contribution in [-0.2, 0) is 0 Å². The monoisotopic (exact) mass is 288 g/mol. The van der Waals surface area contributed by atoms with Crippen molar-refractivity contribution in [2.75, 3.05) is 25.6 Å². The standard InChI is InChI=1S/C17H21FN2O/c1-12-5-4-6-14(9-12)20(2)11-16(19)13-7-8-17(21-3)15(18)10-13/h4-10,16H,11,19H2,1-3H3. The average molecular weight is 288 g/mol. The van der Waals surface area contributed by atoms with Gasteiger partial charge < -0.3 is 15.4 Å². The highest BCUT2D eigenvalue weighted by atomic mass is 19.1. The third-order valence-corrected chi connectivity index (χ3v) is 3.52. The van der Waals surface area contributed by atoms with Crippen molar-refractivity contribution >= 4 is 5.69 Å². The zero-order valence-corrected chi connectivity index (χ0v) is 12.6. The number of nitrogens with zero attached hydrogens (tertiary/aromatic N) is 1. The molecular weight excluding hydrogens is 267 g/mol. The van der Waals surface area contributed by atoms with Gasteiger partial charge >= 0.3 is 0 Å². The molecule has 21 heavy (non-hydrogen) atoms. The van der Waals surface area contributed by atoms with Gasteiger partial charge in [0.25, 0.3) is 0 Å². The predicted molar refractivity (Wildman–Crippen MR) is 84.3 cm³/mol. The molecule has 2 N–H and O–H groups in total. The van der Waals surface area contributed by atoms with E-state index in [1.165, 1.54) is 18.7 Å². The maximum Gasteiger partial charge on any atom is 0.165 e. The molecule has 2 rings (SSSR count).